The molecule has 2 aromatic heterocycles. The molecule has 0 radical (unpaired) electrons. The fourth-order valence-electron chi connectivity index (χ4n) is 6.85. The largest absolute Gasteiger partial charge is 0.444 e. The highest BCUT2D eigenvalue weighted by atomic mass is 16.6. The van der Waals surface area contributed by atoms with Crippen LogP contribution in [0.25, 0.3) is 5.65 Å². The Kier molecular flexibility index (Phi) is 11.8. The summed E-state index contributed by atoms with van der Waals surface area (Å²) in [5.74, 6) is 0.840. The van der Waals surface area contributed by atoms with Gasteiger partial charge in [-0.05, 0) is 83.1 Å². The minimum atomic E-state index is -0.794. The molecule has 1 fully saturated rings. The zero-order valence-electron chi connectivity index (χ0n) is 33.7. The van der Waals surface area contributed by atoms with Crippen molar-refractivity contribution >= 4 is 41.3 Å². The number of hydrogen-bond donors (Lipinski definition) is 2. The SMILES string of the molecule is CC(C)c1cnn2c(N(Cc3ccc4c(c3)N(C(=O)OCc3ccccc3)CC4)C(=O)OC(C)(C)C)cc(NC[C@H]3CCN(C(=O)OC(C)(C)C)C[C@@H]3O)nc12. The highest BCUT2D eigenvalue weighted by molar-refractivity contribution is 5.91. The number of fused-ring (bicyclic) bond motifs is 2. The van der Waals surface area contributed by atoms with E-state index in [1.54, 1.807) is 26.6 Å². The molecule has 0 saturated carbocycles. The second kappa shape index (κ2) is 16.4. The summed E-state index contributed by atoms with van der Waals surface area (Å²) in [6, 6.07) is 17.2. The van der Waals surface area contributed by atoms with Gasteiger partial charge < -0.3 is 29.5 Å². The average Bonchev–Trinajstić information content (AvgIpc) is 3.76. The Hall–Kier alpha value is -5.37. The normalized spacial score (nSPS) is 17.2. The first-order valence-corrected chi connectivity index (χ1v) is 19.3. The molecule has 0 aliphatic carbocycles. The summed E-state index contributed by atoms with van der Waals surface area (Å²) in [5.41, 5.74) is 3.48. The van der Waals surface area contributed by atoms with Crippen LogP contribution in [0.2, 0.25) is 0 Å². The van der Waals surface area contributed by atoms with Crippen LogP contribution in [-0.2, 0) is 33.8 Å². The van der Waals surface area contributed by atoms with E-state index in [2.05, 4.69) is 19.2 Å². The number of benzene rings is 2. The van der Waals surface area contributed by atoms with Crippen molar-refractivity contribution in [1.29, 1.82) is 0 Å². The highest BCUT2D eigenvalue weighted by Crippen LogP contribution is 2.33. The third kappa shape index (κ3) is 9.70. The van der Waals surface area contributed by atoms with Crippen molar-refractivity contribution in [3.63, 3.8) is 0 Å². The zero-order valence-corrected chi connectivity index (χ0v) is 33.7. The molecule has 2 aliphatic rings. The predicted octanol–water partition coefficient (Wildman–Crippen LogP) is 7.52. The van der Waals surface area contributed by atoms with Crippen molar-refractivity contribution in [1.82, 2.24) is 19.5 Å². The minimum Gasteiger partial charge on any atom is -0.444 e. The summed E-state index contributed by atoms with van der Waals surface area (Å²) in [7, 11) is 0. The van der Waals surface area contributed by atoms with E-state index >= 15 is 0 Å². The molecule has 2 aliphatic heterocycles. The van der Waals surface area contributed by atoms with Gasteiger partial charge in [-0.15, -0.1) is 0 Å². The summed E-state index contributed by atoms with van der Waals surface area (Å²) in [4.78, 5) is 49.8. The third-order valence-electron chi connectivity index (χ3n) is 9.72. The van der Waals surface area contributed by atoms with Gasteiger partial charge in [-0.2, -0.15) is 9.61 Å². The maximum Gasteiger partial charge on any atom is 0.416 e. The standard InChI is InChI=1S/C42H55N7O7/c1-27(2)32-23-44-49-36(21-35(45-37(32)49)43-22-31-16-18-46(25-34(31)50)38(51)55-41(3,4)5)48(40(53)56-42(6,7)8)24-29-14-15-30-17-19-47(33(30)20-29)39(52)54-26-28-12-10-9-11-13-28/h9-15,20-21,23,27,31,34,50H,16-19,22,24-26H2,1-8H3,(H,43,45)/t31-,34+/m1/s1. The second-order valence-corrected chi connectivity index (χ2v) is 16.9. The minimum absolute atomic E-state index is 0.0846. The lowest BCUT2D eigenvalue weighted by Gasteiger charge is -2.36. The van der Waals surface area contributed by atoms with Crippen LogP contribution in [0.3, 0.4) is 0 Å². The van der Waals surface area contributed by atoms with Crippen LogP contribution >= 0.6 is 0 Å². The van der Waals surface area contributed by atoms with Gasteiger partial charge in [-0.3, -0.25) is 9.80 Å². The maximum absolute atomic E-state index is 14.2. The quantitative estimate of drug-likeness (QED) is 0.164. The van der Waals surface area contributed by atoms with Crippen molar-refractivity contribution in [2.75, 3.05) is 41.3 Å². The molecule has 3 amide bonds. The molecule has 4 heterocycles. The molecule has 1 saturated heterocycles. The number of carbonyl (C=O) groups is 3. The van der Waals surface area contributed by atoms with Crippen LogP contribution < -0.4 is 15.1 Å². The van der Waals surface area contributed by atoms with Gasteiger partial charge in [-0.1, -0.05) is 56.3 Å². The lowest BCUT2D eigenvalue weighted by Crippen LogP contribution is -2.49. The number of aromatic nitrogens is 3. The Morgan fingerprint density at radius 3 is 2.36 bits per heavy atom. The fourth-order valence-corrected chi connectivity index (χ4v) is 6.85. The van der Waals surface area contributed by atoms with Crippen LogP contribution in [0, 0.1) is 5.92 Å². The first kappa shape index (κ1) is 40.3. The van der Waals surface area contributed by atoms with Gasteiger partial charge in [0.05, 0.1) is 31.1 Å². The van der Waals surface area contributed by atoms with Gasteiger partial charge in [0.1, 0.15) is 29.4 Å². The molecule has 4 aromatic rings. The number of carbonyl (C=O) groups excluding carboxylic acids is 3. The third-order valence-corrected chi connectivity index (χ3v) is 9.72. The van der Waals surface area contributed by atoms with Crippen molar-refractivity contribution in [2.45, 2.75) is 105 Å². The van der Waals surface area contributed by atoms with E-state index in [-0.39, 0.29) is 31.5 Å². The second-order valence-electron chi connectivity index (χ2n) is 16.9. The number of hydrogen-bond acceptors (Lipinski definition) is 10. The molecule has 56 heavy (non-hydrogen) atoms. The number of anilines is 3. The Morgan fingerprint density at radius 2 is 1.68 bits per heavy atom. The molecule has 14 heteroatoms. The Balaban J connectivity index is 1.27. The molecule has 0 unspecified atom stereocenters. The molecule has 2 atom stereocenters. The van der Waals surface area contributed by atoms with Crippen molar-refractivity contribution in [3.8, 4) is 0 Å². The lowest BCUT2D eigenvalue weighted by atomic mass is 9.94. The van der Waals surface area contributed by atoms with Gasteiger partial charge in [0, 0.05) is 37.2 Å². The summed E-state index contributed by atoms with van der Waals surface area (Å²) < 4.78 is 18.8. The molecule has 2 aromatic carbocycles. The molecule has 300 valence electrons. The van der Waals surface area contributed by atoms with Crippen LogP contribution in [0.15, 0.2) is 60.8 Å². The number of nitrogens with zero attached hydrogens (tertiary/aromatic N) is 6. The van der Waals surface area contributed by atoms with Gasteiger partial charge in [0.15, 0.2) is 5.65 Å². The highest BCUT2D eigenvalue weighted by Gasteiger charge is 2.34. The van der Waals surface area contributed by atoms with Gasteiger partial charge in [0.25, 0.3) is 0 Å². The molecular formula is C42H55N7O7. The molecule has 0 spiro atoms. The van der Waals surface area contributed by atoms with E-state index in [9.17, 15) is 19.5 Å². The van der Waals surface area contributed by atoms with E-state index in [4.69, 9.17) is 24.3 Å². The number of aliphatic hydroxyl groups excluding tert-OH is 1. The first-order chi connectivity index (χ1) is 26.5. The molecule has 2 N–H and O–H groups in total. The monoisotopic (exact) mass is 769 g/mol. The number of piperidine rings is 1. The summed E-state index contributed by atoms with van der Waals surface area (Å²) in [6.45, 7) is 16.8. The van der Waals surface area contributed by atoms with E-state index in [0.29, 0.717) is 49.8 Å². The van der Waals surface area contributed by atoms with Crippen molar-refractivity contribution in [2.24, 2.45) is 5.92 Å². The average molecular weight is 770 g/mol. The van der Waals surface area contributed by atoms with Crippen molar-refractivity contribution in [3.05, 3.63) is 83.0 Å². The van der Waals surface area contributed by atoms with Crippen molar-refractivity contribution < 1.29 is 33.7 Å². The Morgan fingerprint density at radius 1 is 0.946 bits per heavy atom. The van der Waals surface area contributed by atoms with E-state index < -0.39 is 35.6 Å². The summed E-state index contributed by atoms with van der Waals surface area (Å²) >= 11 is 0. The Labute approximate surface area is 328 Å². The molecule has 0 bridgehead atoms. The van der Waals surface area contributed by atoms with Gasteiger partial charge >= 0.3 is 18.3 Å². The van der Waals surface area contributed by atoms with E-state index in [0.717, 1.165) is 27.9 Å². The first-order valence-electron chi connectivity index (χ1n) is 19.3. The number of likely N-dealkylation sites (tertiary alicyclic amines) is 1. The topological polar surface area (TPSA) is 151 Å². The van der Waals surface area contributed by atoms with Crippen LogP contribution in [0.5, 0.6) is 0 Å². The zero-order chi connectivity index (χ0) is 40.4. The van der Waals surface area contributed by atoms with E-state index in [1.807, 2.05) is 90.1 Å². The maximum atomic E-state index is 14.2. The van der Waals surface area contributed by atoms with E-state index in [1.165, 1.54) is 4.90 Å². The van der Waals surface area contributed by atoms with Crippen LogP contribution in [0.4, 0.5) is 31.7 Å². The fraction of sp³-hybridized carbons (Fsp3) is 0.500. The number of nitrogens with one attached hydrogen (secondary N) is 1. The number of rotatable bonds is 9. The molecular weight excluding hydrogens is 715 g/mol. The molecule has 14 nitrogen and oxygen atoms in total. The van der Waals surface area contributed by atoms with Crippen LogP contribution in [0.1, 0.15) is 90.0 Å². The molecule has 6 rings (SSSR count). The number of ether oxygens (including phenoxy) is 3. The predicted molar refractivity (Wildman–Crippen MR) is 214 cm³/mol. The number of β-amino-alcohol motifs (C(OH)–C–C–N with tert-alkyl or cyclic N) is 1. The van der Waals surface area contributed by atoms with Crippen LogP contribution in [-0.4, -0.2) is 86.4 Å². The van der Waals surface area contributed by atoms with Gasteiger partial charge in [0.2, 0.25) is 0 Å². The lowest BCUT2D eigenvalue weighted by molar-refractivity contribution is -0.0104. The summed E-state index contributed by atoms with van der Waals surface area (Å²) in [6.07, 6.45) is 0.778. The number of aliphatic hydroxyl groups is 1. The summed E-state index contributed by atoms with van der Waals surface area (Å²) in [5, 5.41) is 19.2. The smallest absolute Gasteiger partial charge is 0.416 e. The number of amides is 3. The van der Waals surface area contributed by atoms with Gasteiger partial charge in [-0.25, -0.2) is 19.4 Å². The Bertz CT molecular complexity index is 2040.